The van der Waals surface area contributed by atoms with Gasteiger partial charge in [-0.15, -0.1) is 0 Å². The van der Waals surface area contributed by atoms with Crippen molar-refractivity contribution in [3.05, 3.63) is 219 Å². The standard InChI is InChI=1S/C12H17N.C11H16N2.C10H14N2.C10H12.C9H11N.C9H10.C8H9N.11C4H10.5CH4/c1-10(2)13-8-7-11-5-3-4-6-12(11)9-13;1-9(2)13-7-5-11-10(8-13)4-3-6-12-11;1-8(2)12-7-5-9-10(12)4-3-6-11-9;1-2-6-10-8-4-3-7-9(10)5-1;1-2-6-9-8(4-1)5-3-7-10-9;1-2-5-9-7-3-6-8(9)4-1;1-3-7-4-2-6-9-8(7)5-1;11*1-4(2)3;;;;;/h3-6,10H,7-9H2,1-2H3;3-4,6,9H,5,7-8H2,1-2H3;3-4,6,8H,5,7H2,1-2H3;1-2,5-6H,3-4,7-8H2;3,5,7H,1-2,4,6H2;1-2,4-5H,3,6-7H2;2,4,6H,1,3,5H2;11*4H,1-3H3;5*1H4. The van der Waals surface area contributed by atoms with Crippen molar-refractivity contribution in [3.63, 3.8) is 0 Å². The summed E-state index contributed by atoms with van der Waals surface area (Å²) in [5.41, 5.74) is 20.2. The third-order valence-corrected chi connectivity index (χ3v) is 16.2. The minimum Gasteiger partial charge on any atom is -0.367 e. The third kappa shape index (κ3) is 85.8. The molecule has 14 rings (SSSR count). The van der Waals surface area contributed by atoms with E-state index in [0.29, 0.717) is 18.1 Å². The number of rotatable bonds is 3. The maximum atomic E-state index is 4.39. The minimum absolute atomic E-state index is 0. The average molecular weight is 1740 g/mol. The molecule has 3 aromatic carbocycles. The number of pyridine rings is 4. The Morgan fingerprint density at radius 3 is 0.712 bits per heavy atom. The lowest BCUT2D eigenvalue weighted by Gasteiger charge is -2.31. The molecule has 7 heteroatoms. The van der Waals surface area contributed by atoms with Crippen molar-refractivity contribution in [3.8, 4) is 0 Å². The summed E-state index contributed by atoms with van der Waals surface area (Å²) in [7, 11) is 0. The molecule has 0 fully saturated rings. The molecule has 3 aliphatic heterocycles. The van der Waals surface area contributed by atoms with Gasteiger partial charge < -0.3 is 4.90 Å². The van der Waals surface area contributed by atoms with E-state index in [9.17, 15) is 0 Å². The van der Waals surface area contributed by atoms with Crippen molar-refractivity contribution in [1.82, 2.24) is 29.7 Å². The number of anilines is 1. The SMILES string of the molecule is C.C.C.C.C.CC(C)C.CC(C)C.CC(C)C.CC(C)C.CC(C)C.CC(C)C.CC(C)C.CC(C)C.CC(C)C.CC(C)C.CC(C)C.CC(C)N1CCc2ccccc2C1.CC(C)N1CCc2ncccc21.CC(C)N1CCc2ncccc2C1.c1ccc2c(c1)CCC2.c1ccc2c(c1)CCCC2.c1cnc2c(c1)CCC2.c1cnc2c(c1)CCCC2. The summed E-state index contributed by atoms with van der Waals surface area (Å²) in [5, 5.41) is 0. The first-order chi connectivity index (χ1) is 56.2. The van der Waals surface area contributed by atoms with Crippen LogP contribution >= 0.6 is 0 Å². The highest BCUT2D eigenvalue weighted by atomic mass is 15.2. The summed E-state index contributed by atoms with van der Waals surface area (Å²) in [6, 6.07) is 45.1. The van der Waals surface area contributed by atoms with E-state index in [4.69, 9.17) is 0 Å². The lowest BCUT2D eigenvalue weighted by molar-refractivity contribution is 0.202. The van der Waals surface area contributed by atoms with Crippen LogP contribution in [-0.2, 0) is 83.7 Å². The molecule has 125 heavy (non-hydrogen) atoms. The van der Waals surface area contributed by atoms with E-state index in [-0.39, 0.29) is 37.1 Å². The van der Waals surface area contributed by atoms with Crippen molar-refractivity contribution >= 4 is 5.69 Å². The zero-order valence-corrected chi connectivity index (χ0v) is 86.6. The Bertz CT molecular complexity index is 3020. The van der Waals surface area contributed by atoms with Crippen molar-refractivity contribution < 1.29 is 0 Å². The summed E-state index contributed by atoms with van der Waals surface area (Å²) >= 11 is 0. The molecule has 4 aliphatic carbocycles. The molecule has 7 heterocycles. The number of aromatic nitrogens is 4. The zero-order chi connectivity index (χ0) is 92.3. The van der Waals surface area contributed by atoms with E-state index in [1.807, 2.05) is 49.1 Å². The van der Waals surface area contributed by atoms with Crippen LogP contribution in [0.25, 0.3) is 0 Å². The van der Waals surface area contributed by atoms with Gasteiger partial charge >= 0.3 is 0 Å². The molecule has 0 saturated heterocycles. The first-order valence-corrected chi connectivity index (χ1v) is 48.4. The summed E-state index contributed by atoms with van der Waals surface area (Å²) in [4.78, 5) is 24.7. The average Bonchev–Trinajstić information content (AvgIpc) is 1.78. The van der Waals surface area contributed by atoms with Crippen molar-refractivity contribution in [2.24, 2.45) is 65.1 Å². The van der Waals surface area contributed by atoms with E-state index in [1.54, 1.807) is 27.8 Å². The molecule has 0 saturated carbocycles. The van der Waals surface area contributed by atoms with E-state index in [0.717, 1.165) is 104 Å². The fraction of sp³-hybridized carbons (Fsp3) is 0.678. The normalized spacial score (nSPS) is 13.1. The van der Waals surface area contributed by atoms with Crippen molar-refractivity contribution in [2.45, 2.75) is 448 Å². The van der Waals surface area contributed by atoms with Crippen LogP contribution in [0.2, 0.25) is 0 Å². The number of aryl methyl sites for hydroxylation is 8. The maximum absolute atomic E-state index is 4.39. The quantitative estimate of drug-likeness (QED) is 0.175. The molecule has 0 atom stereocenters. The molecule has 0 unspecified atom stereocenters. The van der Waals surface area contributed by atoms with Gasteiger partial charge in [0.1, 0.15) is 0 Å². The predicted octanol–water partition coefficient (Wildman–Crippen LogP) is 35.9. The fourth-order valence-corrected chi connectivity index (χ4v) is 11.6. The number of fused-ring (bicyclic) bond motifs is 7. The van der Waals surface area contributed by atoms with Gasteiger partial charge in [0.15, 0.2) is 0 Å². The van der Waals surface area contributed by atoms with Gasteiger partial charge in [-0.05, 0) is 283 Å². The lowest BCUT2D eigenvalue weighted by atomic mass is 9.92. The second-order valence-electron chi connectivity index (χ2n) is 41.4. The Morgan fingerprint density at radius 2 is 0.400 bits per heavy atom. The van der Waals surface area contributed by atoms with E-state index < -0.39 is 0 Å². The number of benzene rings is 3. The first kappa shape index (κ1) is 137. The van der Waals surface area contributed by atoms with Gasteiger partial charge in [-0.2, -0.15) is 0 Å². The van der Waals surface area contributed by atoms with Gasteiger partial charge in [0.25, 0.3) is 0 Å². The van der Waals surface area contributed by atoms with Crippen LogP contribution in [0.15, 0.2) is 146 Å². The molecule has 0 amide bonds. The van der Waals surface area contributed by atoms with Gasteiger partial charge in [-0.1, -0.05) is 357 Å². The second-order valence-corrected chi connectivity index (χ2v) is 41.4. The van der Waals surface area contributed by atoms with Gasteiger partial charge in [0.05, 0.1) is 11.4 Å². The van der Waals surface area contributed by atoms with E-state index in [2.05, 4.69) is 402 Å². The summed E-state index contributed by atoms with van der Waals surface area (Å²) < 4.78 is 0. The van der Waals surface area contributed by atoms with E-state index >= 15 is 0 Å². The monoisotopic (exact) mass is 1730 g/mol. The van der Waals surface area contributed by atoms with Gasteiger partial charge in [0, 0.05) is 106 Å². The molecule has 726 valence electrons. The van der Waals surface area contributed by atoms with Crippen molar-refractivity contribution in [1.29, 1.82) is 0 Å². The van der Waals surface area contributed by atoms with Gasteiger partial charge in [0.2, 0.25) is 0 Å². The Morgan fingerprint density at radius 1 is 0.192 bits per heavy atom. The topological polar surface area (TPSA) is 61.3 Å². The predicted molar refractivity (Wildman–Crippen MR) is 578 cm³/mol. The van der Waals surface area contributed by atoms with Crippen LogP contribution in [0.3, 0.4) is 0 Å². The Hall–Kier alpha value is -6.02. The first-order valence-electron chi connectivity index (χ1n) is 48.4. The smallest absolute Gasteiger partial charge is 0.0654 e. The summed E-state index contributed by atoms with van der Waals surface area (Å²) in [5.74, 6) is 9.17. The van der Waals surface area contributed by atoms with Crippen molar-refractivity contribution in [2.75, 3.05) is 24.5 Å². The van der Waals surface area contributed by atoms with Gasteiger partial charge in [-0.25, -0.2) is 0 Å². The molecular formula is C118H219N7. The van der Waals surface area contributed by atoms with Crippen LogP contribution < -0.4 is 4.90 Å². The largest absolute Gasteiger partial charge is 0.367 e. The summed E-state index contributed by atoms with van der Waals surface area (Å²) in [6.45, 7) is 90.7. The number of hydrogen-bond donors (Lipinski definition) is 0. The molecular weight excluding hydrogens is 1520 g/mol. The van der Waals surface area contributed by atoms with Crippen LogP contribution in [0.4, 0.5) is 5.69 Å². The molecule has 0 radical (unpaired) electrons. The highest BCUT2D eigenvalue weighted by molar-refractivity contribution is 5.55. The molecule has 7 aliphatic rings. The maximum Gasteiger partial charge on any atom is 0.0654 e. The third-order valence-electron chi connectivity index (χ3n) is 16.2. The highest BCUT2D eigenvalue weighted by Crippen LogP contribution is 2.28. The number of hydrogen-bond acceptors (Lipinski definition) is 7. The highest BCUT2D eigenvalue weighted by Gasteiger charge is 2.22. The van der Waals surface area contributed by atoms with Crippen LogP contribution in [0.5, 0.6) is 0 Å². The zero-order valence-electron chi connectivity index (χ0n) is 86.6. The van der Waals surface area contributed by atoms with Crippen LogP contribution in [0, 0.1) is 65.1 Å². The van der Waals surface area contributed by atoms with Gasteiger partial charge in [-0.3, -0.25) is 29.7 Å². The molecule has 0 spiro atoms. The van der Waals surface area contributed by atoms with Crippen LogP contribution in [-0.4, -0.2) is 67.5 Å². The van der Waals surface area contributed by atoms with Crippen LogP contribution in [0.1, 0.15) is 419 Å². The molecule has 4 aromatic heterocycles. The van der Waals surface area contributed by atoms with E-state index in [1.165, 1.54) is 154 Å². The molecule has 7 nitrogen and oxygen atoms in total. The Balaban J connectivity index is -0.000000166. The molecule has 0 bridgehead atoms. The lowest BCUT2D eigenvalue weighted by Crippen LogP contribution is -2.36. The minimum atomic E-state index is 0. The molecule has 0 N–H and O–H groups in total. The fourth-order valence-electron chi connectivity index (χ4n) is 11.6. The Labute approximate surface area is 786 Å². The molecule has 7 aromatic rings. The second kappa shape index (κ2) is 86.0. The Kier molecular flexibility index (Phi) is 94.2. The number of nitrogens with zero attached hydrogens (tertiary/aromatic N) is 7. The summed E-state index contributed by atoms with van der Waals surface area (Å²) in [6.07, 6.45) is 29.1.